The predicted molar refractivity (Wildman–Crippen MR) is 64.3 cm³/mol. The molecule has 122 valence electrons. The van der Waals surface area contributed by atoms with E-state index in [9.17, 15) is 35.1 Å². The van der Waals surface area contributed by atoms with Gasteiger partial charge in [0.2, 0.25) is 0 Å². The van der Waals surface area contributed by atoms with Crippen molar-refractivity contribution in [3.63, 3.8) is 0 Å². The van der Waals surface area contributed by atoms with Crippen LogP contribution in [0.25, 0.3) is 0 Å². The lowest BCUT2D eigenvalue weighted by molar-refractivity contribution is -0.291. The first-order chi connectivity index (χ1) is 8.78. The zero-order valence-electron chi connectivity index (χ0n) is 9.70. The van der Waals surface area contributed by atoms with Gasteiger partial charge in [-0.3, -0.25) is 0 Å². The van der Waals surface area contributed by atoms with Crippen molar-refractivity contribution in [1.82, 2.24) is 0 Å². The second kappa shape index (κ2) is 6.25. The molecule has 0 aliphatic rings. The van der Waals surface area contributed by atoms with E-state index in [0.717, 1.165) is 0 Å². The number of benzene rings is 1. The zero-order valence-corrected chi connectivity index (χ0v) is 12.1. The molecule has 1 rings (SSSR count). The quantitative estimate of drug-likeness (QED) is 0.678. The van der Waals surface area contributed by atoms with Crippen molar-refractivity contribution in [1.29, 1.82) is 0 Å². The molecule has 1 atom stereocenters. The number of alkyl halides is 8. The molecule has 0 bridgehead atoms. The molecule has 1 nitrogen and oxygen atoms in total. The number of hydrogen-bond acceptors (Lipinski definition) is 1. The molecule has 0 fully saturated rings. The third-order valence-corrected chi connectivity index (χ3v) is 3.15. The van der Waals surface area contributed by atoms with Gasteiger partial charge in [-0.25, -0.2) is 0 Å². The Hall–Kier alpha value is -0.610. The minimum Gasteiger partial charge on any atom is -0.319 e. The fourth-order valence-electron chi connectivity index (χ4n) is 1.33. The third-order valence-electron chi connectivity index (χ3n) is 2.43. The van der Waals surface area contributed by atoms with Crippen LogP contribution in [0.1, 0.15) is 17.2 Å². The van der Waals surface area contributed by atoms with Crippen molar-refractivity contribution in [2.24, 2.45) is 5.73 Å². The SMILES string of the molecule is Cl.N[C@@H](c1cc(C(F)(F)F)ccc1Br)C(F)(F)C(F)(F)F. The smallest absolute Gasteiger partial charge is 0.319 e. The normalized spacial score (nSPS) is 14.6. The fraction of sp³-hybridized carbons (Fsp3) is 0.400. The Morgan fingerprint density at radius 3 is 1.81 bits per heavy atom. The van der Waals surface area contributed by atoms with Gasteiger partial charge in [0.1, 0.15) is 6.04 Å². The van der Waals surface area contributed by atoms with E-state index in [1.54, 1.807) is 0 Å². The summed E-state index contributed by atoms with van der Waals surface area (Å²) in [6, 6.07) is -1.55. The maximum atomic E-state index is 13.1. The van der Waals surface area contributed by atoms with Crippen molar-refractivity contribution in [3.05, 3.63) is 33.8 Å². The Balaban J connectivity index is 0.00000400. The molecule has 2 N–H and O–H groups in total. The Labute approximate surface area is 128 Å². The van der Waals surface area contributed by atoms with E-state index in [2.05, 4.69) is 15.9 Å². The minimum absolute atomic E-state index is 0. The van der Waals surface area contributed by atoms with Crippen LogP contribution in [0.5, 0.6) is 0 Å². The molecular formula is C10H7BrClF8N. The Morgan fingerprint density at radius 1 is 0.952 bits per heavy atom. The Bertz CT molecular complexity index is 499. The molecule has 0 spiro atoms. The molecule has 0 heterocycles. The molecule has 0 saturated carbocycles. The summed E-state index contributed by atoms with van der Waals surface area (Å²) in [6.45, 7) is 0. The Morgan fingerprint density at radius 2 is 1.43 bits per heavy atom. The first-order valence-electron chi connectivity index (χ1n) is 4.85. The lowest BCUT2D eigenvalue weighted by atomic mass is 9.99. The van der Waals surface area contributed by atoms with Crippen LogP contribution in [0.2, 0.25) is 0 Å². The van der Waals surface area contributed by atoms with Crippen molar-refractivity contribution in [3.8, 4) is 0 Å². The van der Waals surface area contributed by atoms with Gasteiger partial charge in [0.25, 0.3) is 0 Å². The van der Waals surface area contributed by atoms with E-state index in [1.807, 2.05) is 0 Å². The summed E-state index contributed by atoms with van der Waals surface area (Å²) in [4.78, 5) is 0. The molecule has 1 aromatic rings. The monoisotopic (exact) mass is 407 g/mol. The van der Waals surface area contributed by atoms with Gasteiger partial charge in [-0.1, -0.05) is 15.9 Å². The van der Waals surface area contributed by atoms with Crippen LogP contribution in [0.3, 0.4) is 0 Å². The molecule has 0 aromatic heterocycles. The van der Waals surface area contributed by atoms with Crippen LogP contribution < -0.4 is 5.73 Å². The van der Waals surface area contributed by atoms with Gasteiger partial charge in [-0.2, -0.15) is 35.1 Å². The molecule has 11 heteroatoms. The number of hydrogen-bond donors (Lipinski definition) is 1. The second-order valence-corrected chi connectivity index (χ2v) is 4.69. The third kappa shape index (κ3) is 4.19. The molecule has 0 unspecified atom stereocenters. The van der Waals surface area contributed by atoms with Gasteiger partial charge in [0.15, 0.2) is 0 Å². The largest absolute Gasteiger partial charge is 0.455 e. The molecular weight excluding hydrogens is 401 g/mol. The minimum atomic E-state index is -5.97. The molecule has 0 amide bonds. The average Bonchev–Trinajstić information content (AvgIpc) is 2.25. The number of rotatable bonds is 2. The van der Waals surface area contributed by atoms with E-state index in [4.69, 9.17) is 5.73 Å². The average molecular weight is 409 g/mol. The highest BCUT2D eigenvalue weighted by Gasteiger charge is 2.62. The highest BCUT2D eigenvalue weighted by atomic mass is 79.9. The lowest BCUT2D eigenvalue weighted by Crippen LogP contribution is -2.46. The van der Waals surface area contributed by atoms with Crippen LogP contribution in [-0.4, -0.2) is 12.1 Å². The van der Waals surface area contributed by atoms with Gasteiger partial charge in [-0.15, -0.1) is 12.4 Å². The van der Waals surface area contributed by atoms with Crippen molar-refractivity contribution >= 4 is 28.3 Å². The van der Waals surface area contributed by atoms with Gasteiger partial charge in [-0.05, 0) is 23.8 Å². The standard InChI is InChI=1S/C10H6BrF8N.ClH/c11-6-2-1-4(9(14,15)16)3-5(6)7(20)8(12,13)10(17,18)19;/h1-3,7H,20H2;1H/t7-;/m0./s1. The molecule has 0 aliphatic carbocycles. The predicted octanol–water partition coefficient (Wildman–Crippen LogP) is 5.09. The van der Waals surface area contributed by atoms with Gasteiger partial charge in [0, 0.05) is 4.47 Å². The molecule has 0 radical (unpaired) electrons. The van der Waals surface area contributed by atoms with E-state index >= 15 is 0 Å². The zero-order chi connectivity index (χ0) is 15.9. The van der Waals surface area contributed by atoms with Crippen molar-refractivity contribution < 1.29 is 35.1 Å². The summed E-state index contributed by atoms with van der Waals surface area (Å²) in [7, 11) is 0. The first-order valence-corrected chi connectivity index (χ1v) is 5.64. The summed E-state index contributed by atoms with van der Waals surface area (Å²) in [5.41, 5.74) is 2.45. The van der Waals surface area contributed by atoms with Crippen molar-refractivity contribution in [2.45, 2.75) is 24.3 Å². The summed E-state index contributed by atoms with van der Waals surface area (Å²) < 4.78 is 99.5. The second-order valence-electron chi connectivity index (χ2n) is 3.83. The number of nitrogens with two attached hydrogens (primary N) is 1. The van der Waals surface area contributed by atoms with Crippen LogP contribution in [0.15, 0.2) is 22.7 Å². The van der Waals surface area contributed by atoms with Crippen LogP contribution in [0, 0.1) is 0 Å². The highest BCUT2D eigenvalue weighted by molar-refractivity contribution is 9.10. The van der Waals surface area contributed by atoms with E-state index in [-0.39, 0.29) is 22.9 Å². The summed E-state index contributed by atoms with van der Waals surface area (Å²) >= 11 is 2.61. The molecule has 0 aliphatic heterocycles. The Kier molecular flexibility index (Phi) is 6.07. The lowest BCUT2D eigenvalue weighted by Gasteiger charge is -2.27. The summed E-state index contributed by atoms with van der Waals surface area (Å²) in [6.07, 6.45) is -10.9. The molecule has 1 aromatic carbocycles. The maximum Gasteiger partial charge on any atom is 0.455 e. The van der Waals surface area contributed by atoms with E-state index < -0.39 is 35.4 Å². The maximum absolute atomic E-state index is 13.1. The van der Waals surface area contributed by atoms with Crippen LogP contribution in [-0.2, 0) is 6.18 Å². The van der Waals surface area contributed by atoms with E-state index in [0.29, 0.717) is 12.1 Å². The van der Waals surface area contributed by atoms with Gasteiger partial charge < -0.3 is 5.73 Å². The van der Waals surface area contributed by atoms with Crippen LogP contribution in [0.4, 0.5) is 35.1 Å². The highest BCUT2D eigenvalue weighted by Crippen LogP contribution is 2.45. The van der Waals surface area contributed by atoms with Crippen molar-refractivity contribution in [2.75, 3.05) is 0 Å². The fourth-order valence-corrected chi connectivity index (χ4v) is 1.82. The topological polar surface area (TPSA) is 26.0 Å². The van der Waals surface area contributed by atoms with Gasteiger partial charge >= 0.3 is 18.3 Å². The van der Waals surface area contributed by atoms with E-state index in [1.165, 1.54) is 0 Å². The molecule has 21 heavy (non-hydrogen) atoms. The first kappa shape index (κ1) is 20.4. The summed E-state index contributed by atoms with van der Waals surface area (Å²) in [5, 5.41) is 0. The number of halogens is 10. The van der Waals surface area contributed by atoms with Gasteiger partial charge in [0.05, 0.1) is 5.56 Å². The summed E-state index contributed by atoms with van der Waals surface area (Å²) in [5.74, 6) is -5.36. The van der Waals surface area contributed by atoms with Crippen LogP contribution >= 0.6 is 28.3 Å². The molecule has 0 saturated heterocycles.